The summed E-state index contributed by atoms with van der Waals surface area (Å²) in [5, 5.41) is 0. The Kier molecular flexibility index (Phi) is 2.53. The first kappa shape index (κ1) is 11.0. The third-order valence-corrected chi connectivity index (χ3v) is 4.56. The first-order valence-corrected chi connectivity index (χ1v) is 5.43. The van der Waals surface area contributed by atoms with Gasteiger partial charge in [-0.25, -0.2) is 0 Å². The molecule has 0 aromatic carbocycles. The molecule has 2 unspecified atom stereocenters. The van der Waals surface area contributed by atoms with Gasteiger partial charge in [-0.3, -0.25) is 4.90 Å². The molecule has 0 aliphatic carbocycles. The average molecular weight is 187 g/mol. The summed E-state index contributed by atoms with van der Waals surface area (Å²) in [6.45, 7) is 14.2. The van der Waals surface area contributed by atoms with Crippen LogP contribution in [0.4, 0.5) is 0 Å². The molecular weight excluding hydrogens is 158 g/mol. The fraction of sp³-hybridized carbons (Fsp3) is 1.00. The van der Waals surface area contributed by atoms with Gasteiger partial charge in [0.25, 0.3) is 0 Å². The summed E-state index contributed by atoms with van der Waals surface area (Å²) in [5.41, 5.74) is 0.691. The maximum absolute atomic E-state index is 2.55. The summed E-state index contributed by atoms with van der Waals surface area (Å²) in [4.78, 5) is 2.55. The van der Waals surface area contributed by atoms with Gasteiger partial charge in [-0.2, -0.15) is 0 Å². The van der Waals surface area contributed by atoms with Crippen LogP contribution in [0.3, 0.4) is 0 Å². The Hall–Kier alpha value is -0.0400. The summed E-state index contributed by atoms with van der Waals surface area (Å²) in [6, 6.07) is 0. The smallest absolute Gasteiger partial charge is 0.0183 e. The Bertz CT molecular complexity index is 198. The van der Waals surface area contributed by atoms with E-state index in [0.717, 1.165) is 11.8 Å². The van der Waals surface area contributed by atoms with Crippen LogP contribution in [0, 0.1) is 11.8 Å². The number of nitrogens with zero attached hydrogens (tertiary/aromatic N) is 1. The highest BCUT2D eigenvalue weighted by Gasteiger charge is 2.46. The van der Waals surface area contributed by atoms with E-state index in [1.54, 1.807) is 0 Å². The highest BCUT2D eigenvalue weighted by molar-refractivity contribution is 5.00. The predicted molar refractivity (Wildman–Crippen MR) is 61.0 cm³/mol. The third kappa shape index (κ3) is 1.63. The van der Waals surface area contributed by atoms with Crippen molar-refractivity contribution in [2.24, 2.45) is 11.8 Å². The predicted octanol–water partition coefficient (Wildman–Crippen LogP) is 3.40. The maximum Gasteiger partial charge on any atom is 0.0183 e. The van der Waals surface area contributed by atoms with E-state index in [1.807, 2.05) is 0 Å². The van der Waals surface area contributed by atoms with Crippen molar-refractivity contribution in [3.63, 3.8) is 0 Å². The van der Waals surface area contributed by atoms with E-state index in [9.17, 15) is 0 Å². The molecular formula is C12H27N. The van der Waals surface area contributed by atoms with E-state index < -0.39 is 0 Å². The van der Waals surface area contributed by atoms with Crippen molar-refractivity contribution in [1.82, 2.24) is 4.90 Å². The lowest BCUT2D eigenvalue weighted by atomic mass is 9.68. The maximum atomic E-state index is 2.55. The largest absolute Gasteiger partial charge is 0.296 e. The molecule has 1 rings (SSSR count). The van der Waals surface area contributed by atoms with Gasteiger partial charge in [-0.1, -0.05) is 13.8 Å². The van der Waals surface area contributed by atoms with Gasteiger partial charge < -0.3 is 0 Å². The molecule has 1 nitrogen and oxygen atoms in total. The second-order valence-electron chi connectivity index (χ2n) is 6.00. The Morgan fingerprint density at radius 2 is 1.62 bits per heavy atom. The van der Waals surface area contributed by atoms with E-state index >= 15 is 0 Å². The molecule has 1 heteroatoms. The summed E-state index contributed by atoms with van der Waals surface area (Å²) >= 11 is 0. The first-order valence-electron chi connectivity index (χ1n) is 5.43. The lowest BCUT2D eigenvalue weighted by Crippen LogP contribution is -2.62. The quantitative estimate of drug-likeness (QED) is 0.562. The van der Waals surface area contributed by atoms with Crippen LogP contribution in [0.25, 0.3) is 0 Å². The van der Waals surface area contributed by atoms with Crippen LogP contribution in [0.15, 0.2) is 0 Å². The molecule has 1 aliphatic rings. The summed E-state index contributed by atoms with van der Waals surface area (Å²) < 4.78 is 0. The highest BCUT2D eigenvalue weighted by atomic mass is 15.2. The van der Waals surface area contributed by atoms with E-state index in [2.05, 4.69) is 53.5 Å². The van der Waals surface area contributed by atoms with Gasteiger partial charge in [0.2, 0.25) is 0 Å². The zero-order valence-corrected chi connectivity index (χ0v) is 10.3. The monoisotopic (exact) mass is 187 g/mol. The molecule has 80 valence electrons. The minimum Gasteiger partial charge on any atom is -0.296 e. The highest BCUT2D eigenvalue weighted by Crippen LogP contribution is 2.43. The zero-order valence-electron chi connectivity index (χ0n) is 10.3. The second kappa shape index (κ2) is 2.98. The number of hydrogen-bond acceptors (Lipinski definition) is 1. The molecule has 0 N–H and O–H groups in total. The van der Waals surface area contributed by atoms with Crippen molar-refractivity contribution in [2.45, 2.75) is 59.0 Å². The minimum absolute atomic E-state index is 0. The van der Waals surface area contributed by atoms with E-state index in [4.69, 9.17) is 0 Å². The van der Waals surface area contributed by atoms with Crippen molar-refractivity contribution in [1.29, 1.82) is 0 Å². The van der Waals surface area contributed by atoms with E-state index in [1.165, 1.54) is 6.42 Å². The Balaban J connectivity index is 0.00000169. The average Bonchev–Trinajstić information content (AvgIpc) is 1.98. The summed E-state index contributed by atoms with van der Waals surface area (Å²) in [7, 11) is 2.27. The third-order valence-electron chi connectivity index (χ3n) is 4.56. The normalized spacial score (nSPS) is 39.0. The lowest BCUT2D eigenvalue weighted by Gasteiger charge is -2.56. The molecule has 1 aliphatic heterocycles. The Labute approximate surface area is 85.0 Å². The molecule has 13 heavy (non-hydrogen) atoms. The fourth-order valence-electron chi connectivity index (χ4n) is 2.88. The number of piperidine rings is 1. The Morgan fingerprint density at radius 1 is 1.15 bits per heavy atom. The number of likely N-dealkylation sites (tertiary alicyclic amines) is 1. The van der Waals surface area contributed by atoms with E-state index in [-0.39, 0.29) is 1.43 Å². The van der Waals surface area contributed by atoms with Crippen molar-refractivity contribution in [3.05, 3.63) is 0 Å². The molecule has 1 heterocycles. The number of rotatable bonds is 0. The topological polar surface area (TPSA) is 3.24 Å². The molecule has 0 bridgehead atoms. The molecule has 0 amide bonds. The standard InChI is InChI=1S/C12H25N.H2/c1-9-8-11(3,4)13(7)12(5,6)10(9)2;/h9-10H,8H2,1-7H3;1H/i;1+2. The minimum atomic E-state index is 0. The lowest BCUT2D eigenvalue weighted by molar-refractivity contribution is -0.0661. The molecule has 1 fully saturated rings. The van der Waals surface area contributed by atoms with Crippen LogP contribution in [-0.2, 0) is 0 Å². The van der Waals surface area contributed by atoms with Crippen molar-refractivity contribution < 1.29 is 1.43 Å². The van der Waals surface area contributed by atoms with Crippen molar-refractivity contribution >= 4 is 0 Å². The van der Waals surface area contributed by atoms with Crippen LogP contribution in [0.5, 0.6) is 0 Å². The van der Waals surface area contributed by atoms with Crippen molar-refractivity contribution in [3.8, 4) is 0 Å². The van der Waals surface area contributed by atoms with Gasteiger partial charge in [0.1, 0.15) is 0 Å². The fourth-order valence-corrected chi connectivity index (χ4v) is 2.88. The molecule has 2 atom stereocenters. The van der Waals surface area contributed by atoms with Gasteiger partial charge in [0, 0.05) is 12.5 Å². The molecule has 1 saturated heterocycles. The van der Waals surface area contributed by atoms with Gasteiger partial charge in [0.15, 0.2) is 0 Å². The Morgan fingerprint density at radius 3 is 2.08 bits per heavy atom. The van der Waals surface area contributed by atoms with E-state index in [0.29, 0.717) is 11.1 Å². The van der Waals surface area contributed by atoms with Gasteiger partial charge in [-0.05, 0) is 53.0 Å². The first-order chi connectivity index (χ1) is 5.69. The molecule has 0 aromatic heterocycles. The van der Waals surface area contributed by atoms with Crippen LogP contribution in [-0.4, -0.2) is 23.0 Å². The summed E-state index contributed by atoms with van der Waals surface area (Å²) in [5.74, 6) is 1.62. The summed E-state index contributed by atoms with van der Waals surface area (Å²) in [6.07, 6.45) is 1.31. The molecule has 0 radical (unpaired) electrons. The number of hydrogen-bond donors (Lipinski definition) is 0. The zero-order chi connectivity index (χ0) is 10.4. The molecule has 0 spiro atoms. The second-order valence-corrected chi connectivity index (χ2v) is 6.00. The van der Waals surface area contributed by atoms with Crippen LogP contribution < -0.4 is 0 Å². The van der Waals surface area contributed by atoms with Gasteiger partial charge in [-0.15, -0.1) is 0 Å². The SMILES string of the molecule is CC1CC(C)(C)N(C)C(C)(C)C1C.[3HH]. The van der Waals surface area contributed by atoms with Crippen molar-refractivity contribution in [2.75, 3.05) is 7.05 Å². The molecule has 0 saturated carbocycles. The van der Waals surface area contributed by atoms with Crippen LogP contribution in [0.2, 0.25) is 0 Å². The van der Waals surface area contributed by atoms with Gasteiger partial charge >= 0.3 is 0 Å². The van der Waals surface area contributed by atoms with Gasteiger partial charge in [0.05, 0.1) is 0 Å². The molecule has 0 aromatic rings. The van der Waals surface area contributed by atoms with Crippen LogP contribution >= 0.6 is 0 Å². The van der Waals surface area contributed by atoms with Crippen LogP contribution in [0.1, 0.15) is 49.4 Å².